The van der Waals surface area contributed by atoms with E-state index < -0.39 is 24.1 Å². The summed E-state index contributed by atoms with van der Waals surface area (Å²) in [6, 6.07) is 0. The van der Waals surface area contributed by atoms with Gasteiger partial charge in [0.25, 0.3) is 0 Å². The van der Waals surface area contributed by atoms with Gasteiger partial charge in [0.2, 0.25) is 0 Å². The smallest absolute Gasteiger partial charge is 0.331 e. The fourth-order valence-corrected chi connectivity index (χ4v) is 16.5. The highest BCUT2D eigenvalue weighted by Crippen LogP contribution is 2.67. The number of esters is 2. The van der Waals surface area contributed by atoms with Gasteiger partial charge in [0.1, 0.15) is 36.0 Å². The van der Waals surface area contributed by atoms with Crippen LogP contribution in [-0.2, 0) is 38.3 Å². The standard InChI is InChI=1S/C50H72N4O8/c1-47-23-17-39(53-61-29-19-25-51-27-29)45(37(47)7-5-31-33-9-11-41(55)49(33,3)21-15-35(31)47)59-43(57)13-14-44(58)60-46-38-8-6-32-34-10-12-42(56)50(34,4)22-16-36(32)48(38,2)24-18-40(46)54-62-30-20-26-52-28-30/h13-14,29-38,45-46,51-52H,5-12,15-28H2,1-4H3/b14-13+,53-39+,54-40+/t29-,30-,31+,32+,33+,34+,35-,36-,37?,38?,45?,46?,47-,48-,49+,50+/m1/s1. The average molecular weight is 857 g/mol. The molecule has 0 aromatic carbocycles. The fraction of sp³-hybridized carbons (Fsp3) is 0.840. The fourth-order valence-electron chi connectivity index (χ4n) is 16.5. The topological polar surface area (TPSA) is 154 Å². The number of nitrogens with zero attached hydrogens (tertiary/aromatic N) is 2. The van der Waals surface area contributed by atoms with Gasteiger partial charge >= 0.3 is 11.9 Å². The number of carbonyl (C=O) groups is 4. The van der Waals surface area contributed by atoms with Gasteiger partial charge in [-0.1, -0.05) is 38.0 Å². The van der Waals surface area contributed by atoms with Gasteiger partial charge in [0.05, 0.1) is 11.4 Å². The van der Waals surface area contributed by atoms with E-state index in [-0.39, 0.29) is 45.7 Å². The molecule has 2 saturated heterocycles. The van der Waals surface area contributed by atoms with Crippen LogP contribution in [0, 0.1) is 69.0 Å². The molecule has 2 aliphatic heterocycles. The summed E-state index contributed by atoms with van der Waals surface area (Å²) < 4.78 is 12.9. The monoisotopic (exact) mass is 857 g/mol. The van der Waals surface area contributed by atoms with Gasteiger partial charge in [-0.25, -0.2) is 9.59 Å². The molecule has 62 heavy (non-hydrogen) atoms. The second-order valence-electron chi connectivity index (χ2n) is 22.6. The Morgan fingerprint density at radius 2 is 0.968 bits per heavy atom. The van der Waals surface area contributed by atoms with E-state index in [0.29, 0.717) is 72.8 Å². The van der Waals surface area contributed by atoms with Crippen LogP contribution in [0.1, 0.15) is 143 Å². The molecule has 2 N–H and O–H groups in total. The molecular formula is C50H72N4O8. The van der Waals surface area contributed by atoms with E-state index in [0.717, 1.165) is 127 Å². The Morgan fingerprint density at radius 1 is 0.532 bits per heavy atom. The number of fused-ring (bicyclic) bond motifs is 10. The zero-order chi connectivity index (χ0) is 43.0. The van der Waals surface area contributed by atoms with Crippen molar-refractivity contribution in [2.45, 2.75) is 168 Å². The number of hydrogen-bond acceptors (Lipinski definition) is 12. The number of nitrogens with one attached hydrogen (secondary N) is 2. The molecule has 0 aromatic heterocycles. The minimum Gasteiger partial charge on any atom is -0.453 e. The maximum atomic E-state index is 14.0. The molecule has 12 nitrogen and oxygen atoms in total. The van der Waals surface area contributed by atoms with Gasteiger partial charge in [0, 0.05) is 73.6 Å². The first-order valence-corrected chi connectivity index (χ1v) is 24.8. The summed E-state index contributed by atoms with van der Waals surface area (Å²) in [5.41, 5.74) is 1.02. The summed E-state index contributed by atoms with van der Waals surface area (Å²) in [6.07, 6.45) is 17.5. The highest BCUT2D eigenvalue weighted by Gasteiger charge is 2.64. The van der Waals surface area contributed by atoms with Crippen molar-refractivity contribution in [3.8, 4) is 0 Å². The van der Waals surface area contributed by atoms with Crippen LogP contribution in [0.25, 0.3) is 0 Å². The van der Waals surface area contributed by atoms with Crippen LogP contribution >= 0.6 is 0 Å². The summed E-state index contributed by atoms with van der Waals surface area (Å²) in [5.74, 6) is 2.65. The van der Waals surface area contributed by atoms with E-state index >= 15 is 0 Å². The van der Waals surface area contributed by atoms with Crippen molar-refractivity contribution in [2.24, 2.45) is 79.3 Å². The van der Waals surface area contributed by atoms with E-state index in [2.05, 4.69) is 38.3 Å². The van der Waals surface area contributed by atoms with E-state index in [4.69, 9.17) is 29.5 Å². The Labute approximate surface area is 368 Å². The van der Waals surface area contributed by atoms with Gasteiger partial charge in [-0.05, 0) is 149 Å². The number of rotatable bonds is 8. The molecule has 12 heteroatoms. The van der Waals surface area contributed by atoms with Crippen molar-refractivity contribution in [3.63, 3.8) is 0 Å². The summed E-state index contributed by atoms with van der Waals surface area (Å²) in [5, 5.41) is 16.1. The van der Waals surface area contributed by atoms with Crippen molar-refractivity contribution in [3.05, 3.63) is 12.2 Å². The molecule has 10 rings (SSSR count). The largest absolute Gasteiger partial charge is 0.453 e. The molecule has 0 radical (unpaired) electrons. The lowest BCUT2D eigenvalue weighted by Gasteiger charge is -2.60. The summed E-state index contributed by atoms with van der Waals surface area (Å²) in [4.78, 5) is 66.3. The van der Waals surface area contributed by atoms with Gasteiger partial charge in [0.15, 0.2) is 0 Å². The normalized spacial score (nSPS) is 48.5. The molecule has 0 aromatic rings. The molecule has 8 saturated carbocycles. The van der Waals surface area contributed by atoms with Crippen LogP contribution in [0.15, 0.2) is 22.5 Å². The molecule has 2 heterocycles. The first-order valence-electron chi connectivity index (χ1n) is 24.8. The third-order valence-corrected chi connectivity index (χ3v) is 20.0. The van der Waals surface area contributed by atoms with Crippen molar-refractivity contribution in [1.29, 1.82) is 0 Å². The van der Waals surface area contributed by atoms with Crippen LogP contribution in [-0.4, -0.2) is 85.5 Å². The third kappa shape index (κ3) is 7.13. The number of ketones is 2. The lowest BCUT2D eigenvalue weighted by Crippen LogP contribution is -2.58. The number of carbonyl (C=O) groups excluding carboxylic acids is 4. The molecule has 4 unspecified atom stereocenters. The number of oxime groups is 2. The third-order valence-electron chi connectivity index (χ3n) is 20.0. The molecule has 0 spiro atoms. The van der Waals surface area contributed by atoms with E-state index in [1.807, 2.05) is 0 Å². The highest BCUT2D eigenvalue weighted by molar-refractivity contribution is 5.97. The SMILES string of the molecule is C[C@]12CC/C(=N\O[C@@H]3CCNC3)C(OC(=O)/C=C/C(=O)OC3/C(=N/O[C@@H]4CCNC4)CC[C@@]4(C)C3CC[C@@H]3[C@H]4CC[C@]4(C)C(=O)CC[C@@H]34)C1CC[C@@H]1[C@H]2CC[C@]2(C)C(=O)CC[C@@H]12. The van der Waals surface area contributed by atoms with Crippen LogP contribution in [0.5, 0.6) is 0 Å². The second-order valence-corrected chi connectivity index (χ2v) is 22.6. The Bertz CT molecular complexity index is 1760. The van der Waals surface area contributed by atoms with E-state index in [1.165, 1.54) is 12.2 Å². The van der Waals surface area contributed by atoms with Gasteiger partial charge in [-0.3, -0.25) is 9.59 Å². The van der Waals surface area contributed by atoms with Crippen LogP contribution in [0.4, 0.5) is 0 Å². The summed E-state index contributed by atoms with van der Waals surface area (Å²) >= 11 is 0. The zero-order valence-electron chi connectivity index (χ0n) is 37.8. The van der Waals surface area contributed by atoms with Gasteiger partial charge in [-0.15, -0.1) is 0 Å². The molecule has 16 atom stereocenters. The molecule has 0 amide bonds. The quantitative estimate of drug-likeness (QED) is 0.145. The number of ether oxygens (including phenoxy) is 2. The van der Waals surface area contributed by atoms with Crippen LogP contribution in [0.2, 0.25) is 0 Å². The van der Waals surface area contributed by atoms with Gasteiger partial charge in [-0.2, -0.15) is 0 Å². The van der Waals surface area contributed by atoms with Crippen molar-refractivity contribution in [2.75, 3.05) is 26.2 Å². The Kier molecular flexibility index (Phi) is 11.3. The zero-order valence-corrected chi connectivity index (χ0v) is 37.8. The first-order chi connectivity index (χ1) is 29.8. The summed E-state index contributed by atoms with van der Waals surface area (Å²) in [6.45, 7) is 12.5. The van der Waals surface area contributed by atoms with E-state index in [9.17, 15) is 19.2 Å². The maximum Gasteiger partial charge on any atom is 0.331 e. The van der Waals surface area contributed by atoms with Crippen molar-refractivity contribution in [1.82, 2.24) is 10.6 Å². The highest BCUT2D eigenvalue weighted by atomic mass is 16.6. The minimum atomic E-state index is -0.581. The Balaban J connectivity index is 0.863. The Hall–Kier alpha value is -3.12. The lowest BCUT2D eigenvalue weighted by atomic mass is 9.45. The number of Topliss-reactive ketones (excluding diaryl/α,β-unsaturated/α-hetero) is 2. The van der Waals surface area contributed by atoms with Crippen molar-refractivity contribution >= 4 is 34.9 Å². The van der Waals surface area contributed by atoms with Crippen molar-refractivity contribution < 1.29 is 38.3 Å². The molecule has 10 aliphatic rings. The first kappa shape index (κ1) is 42.8. The molecule has 340 valence electrons. The molecule has 8 aliphatic carbocycles. The minimum absolute atomic E-state index is 0.0101. The second kappa shape index (κ2) is 16.4. The van der Waals surface area contributed by atoms with Gasteiger partial charge < -0.3 is 29.8 Å². The Morgan fingerprint density at radius 3 is 1.37 bits per heavy atom. The van der Waals surface area contributed by atoms with Crippen LogP contribution < -0.4 is 10.6 Å². The number of hydrogen-bond donors (Lipinski definition) is 2. The molecule has 10 fully saturated rings. The molecule has 0 bridgehead atoms. The van der Waals surface area contributed by atoms with Crippen LogP contribution in [0.3, 0.4) is 0 Å². The average Bonchev–Trinajstić information content (AvgIpc) is 4.08. The predicted octanol–water partition coefficient (Wildman–Crippen LogP) is 7.28. The lowest BCUT2D eigenvalue weighted by molar-refractivity contribution is -0.160. The molecular weight excluding hydrogens is 785 g/mol. The van der Waals surface area contributed by atoms with E-state index in [1.54, 1.807) is 0 Å². The predicted molar refractivity (Wildman–Crippen MR) is 233 cm³/mol. The summed E-state index contributed by atoms with van der Waals surface area (Å²) in [7, 11) is 0. The maximum absolute atomic E-state index is 14.0.